The molecule has 2 atom stereocenters. The third kappa shape index (κ3) is 0.610. The molecule has 0 radical (unpaired) electrons. The predicted molar refractivity (Wildman–Crippen MR) is 46.2 cm³/mol. The lowest BCUT2D eigenvalue weighted by Gasteiger charge is -2.32. The summed E-state index contributed by atoms with van der Waals surface area (Å²) in [5.74, 6) is 2.07. The Labute approximate surface area is 68.0 Å². The van der Waals surface area contributed by atoms with Gasteiger partial charge in [-0.2, -0.15) is 0 Å². The molecule has 0 aromatic heterocycles. The Hall–Kier alpha value is -0.520. The van der Waals surface area contributed by atoms with Crippen molar-refractivity contribution in [1.82, 2.24) is 0 Å². The molecule has 0 spiro atoms. The fourth-order valence-electron chi connectivity index (χ4n) is 3.03. The number of rotatable bonds is 0. The smallest absolute Gasteiger partial charge is 0.0166 e. The van der Waals surface area contributed by atoms with Crippen molar-refractivity contribution in [3.63, 3.8) is 0 Å². The number of hydrogen-bond donors (Lipinski definition) is 0. The molecule has 0 saturated heterocycles. The van der Waals surface area contributed by atoms with E-state index in [-0.39, 0.29) is 0 Å². The Balaban J connectivity index is 2.01. The summed E-state index contributed by atoms with van der Waals surface area (Å²) in [5.41, 5.74) is 4.97. The zero-order valence-electron chi connectivity index (χ0n) is 6.90. The highest BCUT2D eigenvalue weighted by Crippen LogP contribution is 2.56. The minimum Gasteiger partial charge on any atom is -0.0955 e. The number of allylic oxidation sites excluding steroid dienone is 3. The molecule has 0 aliphatic heterocycles. The van der Waals surface area contributed by atoms with Crippen LogP contribution < -0.4 is 0 Å². The monoisotopic (exact) mass is 146 g/mol. The first-order valence-electron chi connectivity index (χ1n) is 4.76. The maximum atomic E-state index is 4.14. The molecular formula is C11H14. The SMILES string of the molecule is C=C1CCC2=C1CC1CCC21. The van der Waals surface area contributed by atoms with Crippen LogP contribution in [0.1, 0.15) is 32.1 Å². The van der Waals surface area contributed by atoms with Crippen LogP contribution in [0.3, 0.4) is 0 Å². The van der Waals surface area contributed by atoms with Gasteiger partial charge in [0, 0.05) is 0 Å². The van der Waals surface area contributed by atoms with Gasteiger partial charge in [0.15, 0.2) is 0 Å². The molecule has 1 saturated carbocycles. The van der Waals surface area contributed by atoms with Crippen LogP contribution in [-0.2, 0) is 0 Å². The molecule has 0 amide bonds. The van der Waals surface area contributed by atoms with Gasteiger partial charge in [0.2, 0.25) is 0 Å². The van der Waals surface area contributed by atoms with Gasteiger partial charge in [-0.1, -0.05) is 17.7 Å². The van der Waals surface area contributed by atoms with Crippen molar-refractivity contribution in [2.75, 3.05) is 0 Å². The van der Waals surface area contributed by atoms with Gasteiger partial charge in [-0.25, -0.2) is 0 Å². The zero-order chi connectivity index (χ0) is 7.42. The van der Waals surface area contributed by atoms with Gasteiger partial charge < -0.3 is 0 Å². The second kappa shape index (κ2) is 1.80. The van der Waals surface area contributed by atoms with Crippen LogP contribution >= 0.6 is 0 Å². The molecule has 0 aromatic carbocycles. The van der Waals surface area contributed by atoms with Gasteiger partial charge in [-0.3, -0.25) is 0 Å². The van der Waals surface area contributed by atoms with Crippen LogP contribution in [0.5, 0.6) is 0 Å². The van der Waals surface area contributed by atoms with Gasteiger partial charge in [-0.05, 0) is 49.5 Å². The van der Waals surface area contributed by atoms with Crippen molar-refractivity contribution < 1.29 is 0 Å². The Morgan fingerprint density at radius 3 is 2.82 bits per heavy atom. The van der Waals surface area contributed by atoms with Crippen molar-refractivity contribution in [3.8, 4) is 0 Å². The Bertz CT molecular complexity index is 257. The van der Waals surface area contributed by atoms with Crippen molar-refractivity contribution in [2.45, 2.75) is 32.1 Å². The molecule has 0 nitrogen and oxygen atoms in total. The van der Waals surface area contributed by atoms with Crippen LogP contribution in [0, 0.1) is 11.8 Å². The summed E-state index contributed by atoms with van der Waals surface area (Å²) in [6.45, 7) is 4.14. The highest BCUT2D eigenvalue weighted by Gasteiger charge is 2.42. The largest absolute Gasteiger partial charge is 0.0955 e. The zero-order valence-corrected chi connectivity index (χ0v) is 6.90. The Morgan fingerprint density at radius 1 is 1.18 bits per heavy atom. The maximum absolute atomic E-state index is 4.14. The number of fused-ring (bicyclic) bond motifs is 2. The van der Waals surface area contributed by atoms with Gasteiger partial charge in [-0.15, -0.1) is 0 Å². The summed E-state index contributed by atoms with van der Waals surface area (Å²) >= 11 is 0. The Morgan fingerprint density at radius 2 is 2.09 bits per heavy atom. The summed E-state index contributed by atoms with van der Waals surface area (Å²) < 4.78 is 0. The van der Waals surface area contributed by atoms with Gasteiger partial charge in [0.25, 0.3) is 0 Å². The van der Waals surface area contributed by atoms with E-state index < -0.39 is 0 Å². The summed E-state index contributed by atoms with van der Waals surface area (Å²) in [6, 6.07) is 0. The van der Waals surface area contributed by atoms with Crippen LogP contribution in [0.25, 0.3) is 0 Å². The second-order valence-corrected chi connectivity index (χ2v) is 4.26. The maximum Gasteiger partial charge on any atom is -0.0166 e. The van der Waals surface area contributed by atoms with Crippen molar-refractivity contribution in [1.29, 1.82) is 0 Å². The summed E-state index contributed by atoms with van der Waals surface area (Å²) in [4.78, 5) is 0. The third-order valence-electron chi connectivity index (χ3n) is 3.84. The summed E-state index contributed by atoms with van der Waals surface area (Å²) in [5, 5.41) is 0. The average Bonchev–Trinajstić information content (AvgIpc) is 2.36. The molecule has 0 bridgehead atoms. The molecule has 3 aliphatic rings. The topological polar surface area (TPSA) is 0 Å². The van der Waals surface area contributed by atoms with E-state index in [0.29, 0.717) is 0 Å². The molecular weight excluding hydrogens is 132 g/mol. The fourth-order valence-corrected chi connectivity index (χ4v) is 3.03. The molecule has 3 rings (SSSR count). The van der Waals surface area contributed by atoms with Gasteiger partial charge in [0.05, 0.1) is 0 Å². The minimum absolute atomic E-state index is 1.02. The standard InChI is InChI=1S/C11H14/c1-7-2-4-10-9-5-3-8(9)6-11(7)10/h8-9H,1-6H2. The fraction of sp³-hybridized carbons (Fsp3) is 0.636. The van der Waals surface area contributed by atoms with Crippen LogP contribution in [0.4, 0.5) is 0 Å². The van der Waals surface area contributed by atoms with E-state index >= 15 is 0 Å². The molecule has 58 valence electrons. The molecule has 11 heavy (non-hydrogen) atoms. The first kappa shape index (κ1) is 6.05. The van der Waals surface area contributed by atoms with Crippen molar-refractivity contribution in [2.24, 2.45) is 11.8 Å². The molecule has 0 N–H and O–H groups in total. The van der Waals surface area contributed by atoms with Crippen molar-refractivity contribution >= 4 is 0 Å². The molecule has 3 aliphatic carbocycles. The molecule has 0 aromatic rings. The first-order valence-corrected chi connectivity index (χ1v) is 4.76. The summed E-state index contributed by atoms with van der Waals surface area (Å²) in [6.07, 6.45) is 6.99. The molecule has 0 heterocycles. The molecule has 1 fully saturated rings. The Kier molecular flexibility index (Phi) is 0.988. The minimum atomic E-state index is 1.02. The lowest BCUT2D eigenvalue weighted by atomic mass is 9.72. The third-order valence-corrected chi connectivity index (χ3v) is 3.84. The van der Waals surface area contributed by atoms with E-state index in [1.165, 1.54) is 37.7 Å². The summed E-state index contributed by atoms with van der Waals surface area (Å²) in [7, 11) is 0. The van der Waals surface area contributed by atoms with Crippen molar-refractivity contribution in [3.05, 3.63) is 23.3 Å². The van der Waals surface area contributed by atoms with Crippen LogP contribution in [0.2, 0.25) is 0 Å². The van der Waals surface area contributed by atoms with E-state index in [4.69, 9.17) is 0 Å². The lowest BCUT2D eigenvalue weighted by molar-refractivity contribution is 0.232. The molecule has 0 heteroatoms. The van der Waals surface area contributed by atoms with E-state index in [1.807, 2.05) is 5.57 Å². The number of hydrogen-bond acceptors (Lipinski definition) is 0. The highest BCUT2D eigenvalue weighted by atomic mass is 14.5. The van der Waals surface area contributed by atoms with Gasteiger partial charge >= 0.3 is 0 Å². The normalized spacial score (nSPS) is 40.5. The van der Waals surface area contributed by atoms with E-state index in [9.17, 15) is 0 Å². The molecule has 2 unspecified atom stereocenters. The van der Waals surface area contributed by atoms with E-state index in [1.54, 1.807) is 5.57 Å². The van der Waals surface area contributed by atoms with Gasteiger partial charge in [0.1, 0.15) is 0 Å². The predicted octanol–water partition coefficient (Wildman–Crippen LogP) is 3.06. The highest BCUT2D eigenvalue weighted by molar-refractivity contribution is 5.45. The van der Waals surface area contributed by atoms with Crippen LogP contribution in [0.15, 0.2) is 23.3 Å². The second-order valence-electron chi connectivity index (χ2n) is 4.26. The lowest BCUT2D eigenvalue weighted by Crippen LogP contribution is -2.22. The quantitative estimate of drug-likeness (QED) is 0.492. The van der Waals surface area contributed by atoms with E-state index in [0.717, 1.165) is 11.8 Å². The van der Waals surface area contributed by atoms with E-state index in [2.05, 4.69) is 6.58 Å². The van der Waals surface area contributed by atoms with Crippen LogP contribution in [-0.4, -0.2) is 0 Å². The first-order chi connectivity index (χ1) is 5.36. The average molecular weight is 146 g/mol.